The maximum atomic E-state index is 12.1. The van der Waals surface area contributed by atoms with Crippen LogP contribution in [-0.2, 0) is 12.8 Å². The van der Waals surface area contributed by atoms with Crippen LogP contribution in [0.5, 0.6) is 0 Å². The quantitative estimate of drug-likeness (QED) is 0.884. The third-order valence-electron chi connectivity index (χ3n) is 4.30. The molecular weight excluding hydrogens is 304 g/mol. The van der Waals surface area contributed by atoms with Crippen LogP contribution in [0.4, 0.5) is 4.79 Å². The number of amides is 2. The Kier molecular flexibility index (Phi) is 5.13. The van der Waals surface area contributed by atoms with Crippen molar-refractivity contribution in [3.05, 3.63) is 47.1 Å². The fourth-order valence-corrected chi connectivity index (χ4v) is 3.00. The normalized spacial score (nSPS) is 16.7. The van der Waals surface area contributed by atoms with E-state index in [4.69, 9.17) is 4.52 Å². The van der Waals surface area contributed by atoms with Crippen molar-refractivity contribution in [2.75, 3.05) is 6.54 Å². The van der Waals surface area contributed by atoms with Crippen LogP contribution in [0.1, 0.15) is 61.5 Å². The zero-order valence-electron chi connectivity index (χ0n) is 14.2. The maximum absolute atomic E-state index is 12.1. The Labute approximate surface area is 142 Å². The van der Waals surface area contributed by atoms with Gasteiger partial charge in [0.2, 0.25) is 5.89 Å². The van der Waals surface area contributed by atoms with Gasteiger partial charge in [0.1, 0.15) is 0 Å². The second-order valence-electron chi connectivity index (χ2n) is 6.49. The average Bonchev–Trinajstić information content (AvgIpc) is 3.04. The first-order chi connectivity index (χ1) is 11.6. The molecule has 6 heteroatoms. The van der Waals surface area contributed by atoms with E-state index in [1.165, 1.54) is 11.1 Å². The van der Waals surface area contributed by atoms with Crippen LogP contribution in [0.15, 0.2) is 28.8 Å². The van der Waals surface area contributed by atoms with E-state index in [1.54, 1.807) is 0 Å². The number of nitrogens with zero attached hydrogens (tertiary/aromatic N) is 2. The van der Waals surface area contributed by atoms with Gasteiger partial charge in [0.25, 0.3) is 0 Å². The molecule has 0 saturated heterocycles. The van der Waals surface area contributed by atoms with Gasteiger partial charge >= 0.3 is 6.03 Å². The van der Waals surface area contributed by atoms with E-state index in [0.29, 0.717) is 24.7 Å². The van der Waals surface area contributed by atoms with Gasteiger partial charge in [0.05, 0.1) is 6.04 Å². The Morgan fingerprint density at radius 2 is 2.21 bits per heavy atom. The second-order valence-corrected chi connectivity index (χ2v) is 6.49. The third-order valence-corrected chi connectivity index (χ3v) is 4.30. The molecule has 0 radical (unpaired) electrons. The van der Waals surface area contributed by atoms with E-state index in [2.05, 4.69) is 39.0 Å². The number of carbonyl (C=O) groups excluding carboxylic acids is 1. The number of fused-ring (bicyclic) bond motifs is 1. The first kappa shape index (κ1) is 16.5. The summed E-state index contributed by atoms with van der Waals surface area (Å²) in [5, 5.41) is 9.86. The SMILES string of the molecule is CC(C)c1noc(CCNC(=O)N[C@@H]2CCCc3ccccc32)n1. The second kappa shape index (κ2) is 7.47. The summed E-state index contributed by atoms with van der Waals surface area (Å²) in [4.78, 5) is 16.4. The van der Waals surface area contributed by atoms with E-state index in [0.717, 1.165) is 19.3 Å². The number of benzene rings is 1. The standard InChI is InChI=1S/C18H24N4O2/c1-12(2)17-21-16(24-22-17)10-11-19-18(23)20-15-9-5-7-13-6-3-4-8-14(13)15/h3-4,6,8,12,15H,5,7,9-11H2,1-2H3,(H2,19,20,23)/t15-/m1/s1. The van der Waals surface area contributed by atoms with Crippen molar-refractivity contribution < 1.29 is 9.32 Å². The summed E-state index contributed by atoms with van der Waals surface area (Å²) in [7, 11) is 0. The van der Waals surface area contributed by atoms with Crippen molar-refractivity contribution in [2.45, 2.75) is 51.5 Å². The molecule has 128 valence electrons. The Hall–Kier alpha value is -2.37. The van der Waals surface area contributed by atoms with Gasteiger partial charge in [0, 0.05) is 18.9 Å². The summed E-state index contributed by atoms with van der Waals surface area (Å²) in [5.74, 6) is 1.50. The molecule has 0 spiro atoms. The summed E-state index contributed by atoms with van der Waals surface area (Å²) < 4.78 is 5.17. The van der Waals surface area contributed by atoms with Crippen LogP contribution in [0.2, 0.25) is 0 Å². The molecule has 24 heavy (non-hydrogen) atoms. The lowest BCUT2D eigenvalue weighted by molar-refractivity contribution is 0.235. The Morgan fingerprint density at radius 3 is 3.00 bits per heavy atom. The summed E-state index contributed by atoms with van der Waals surface area (Å²) in [6.45, 7) is 4.50. The van der Waals surface area contributed by atoms with Gasteiger partial charge in [0.15, 0.2) is 5.82 Å². The minimum atomic E-state index is -0.152. The van der Waals surface area contributed by atoms with E-state index in [1.807, 2.05) is 19.9 Å². The van der Waals surface area contributed by atoms with Gasteiger partial charge in [-0.3, -0.25) is 0 Å². The zero-order chi connectivity index (χ0) is 16.9. The molecule has 0 fully saturated rings. The lowest BCUT2D eigenvalue weighted by atomic mass is 9.88. The first-order valence-electron chi connectivity index (χ1n) is 8.58. The number of aromatic nitrogens is 2. The number of hydrogen-bond acceptors (Lipinski definition) is 4. The lowest BCUT2D eigenvalue weighted by Crippen LogP contribution is -2.39. The highest BCUT2D eigenvalue weighted by Gasteiger charge is 2.21. The van der Waals surface area contributed by atoms with E-state index < -0.39 is 0 Å². The molecule has 1 aromatic heterocycles. The molecule has 1 aliphatic carbocycles. The summed E-state index contributed by atoms with van der Waals surface area (Å²) in [6, 6.07) is 8.26. The minimum absolute atomic E-state index is 0.0888. The van der Waals surface area contributed by atoms with E-state index >= 15 is 0 Å². The van der Waals surface area contributed by atoms with Crippen molar-refractivity contribution in [1.29, 1.82) is 0 Å². The predicted molar refractivity (Wildman–Crippen MR) is 90.7 cm³/mol. The molecule has 6 nitrogen and oxygen atoms in total. The minimum Gasteiger partial charge on any atom is -0.339 e. The van der Waals surface area contributed by atoms with Crippen LogP contribution in [0.25, 0.3) is 0 Å². The molecule has 2 amide bonds. The molecular formula is C18H24N4O2. The molecule has 1 heterocycles. The topological polar surface area (TPSA) is 80.0 Å². The molecule has 3 rings (SSSR count). The van der Waals surface area contributed by atoms with Crippen molar-refractivity contribution in [2.24, 2.45) is 0 Å². The molecule has 0 aliphatic heterocycles. The molecule has 1 aliphatic rings. The molecule has 0 saturated carbocycles. The highest BCUT2D eigenvalue weighted by molar-refractivity contribution is 5.74. The van der Waals surface area contributed by atoms with Crippen LogP contribution < -0.4 is 10.6 Å². The molecule has 2 aromatic rings. The predicted octanol–water partition coefficient (Wildman–Crippen LogP) is 3.11. The Balaban J connectivity index is 1.48. The molecule has 1 atom stereocenters. The summed E-state index contributed by atoms with van der Waals surface area (Å²) >= 11 is 0. The Bertz CT molecular complexity index is 696. The largest absolute Gasteiger partial charge is 0.339 e. The lowest BCUT2D eigenvalue weighted by Gasteiger charge is -2.26. The van der Waals surface area contributed by atoms with Crippen molar-refractivity contribution in [1.82, 2.24) is 20.8 Å². The monoisotopic (exact) mass is 328 g/mol. The zero-order valence-corrected chi connectivity index (χ0v) is 14.2. The van der Waals surface area contributed by atoms with Crippen molar-refractivity contribution in [3.63, 3.8) is 0 Å². The molecule has 1 aromatic carbocycles. The van der Waals surface area contributed by atoms with Gasteiger partial charge < -0.3 is 15.2 Å². The highest BCUT2D eigenvalue weighted by Crippen LogP contribution is 2.29. The summed E-state index contributed by atoms with van der Waals surface area (Å²) in [5.41, 5.74) is 2.57. The number of aryl methyl sites for hydroxylation is 1. The smallest absolute Gasteiger partial charge is 0.315 e. The summed E-state index contributed by atoms with van der Waals surface area (Å²) in [6.07, 6.45) is 3.70. The fraction of sp³-hybridized carbons (Fsp3) is 0.500. The van der Waals surface area contributed by atoms with Gasteiger partial charge in [-0.05, 0) is 30.4 Å². The number of nitrogens with one attached hydrogen (secondary N) is 2. The molecule has 0 unspecified atom stereocenters. The van der Waals surface area contributed by atoms with Gasteiger partial charge in [-0.25, -0.2) is 4.79 Å². The number of urea groups is 1. The van der Waals surface area contributed by atoms with Gasteiger partial charge in [-0.2, -0.15) is 4.98 Å². The molecule has 0 bridgehead atoms. The van der Waals surface area contributed by atoms with Crippen molar-refractivity contribution >= 4 is 6.03 Å². The van der Waals surface area contributed by atoms with Gasteiger partial charge in [-0.15, -0.1) is 0 Å². The van der Waals surface area contributed by atoms with Crippen LogP contribution in [-0.4, -0.2) is 22.7 Å². The number of hydrogen-bond donors (Lipinski definition) is 2. The molecule has 2 N–H and O–H groups in total. The first-order valence-corrected chi connectivity index (χ1v) is 8.58. The van der Waals surface area contributed by atoms with E-state index in [9.17, 15) is 4.79 Å². The fourth-order valence-electron chi connectivity index (χ4n) is 3.00. The van der Waals surface area contributed by atoms with Crippen LogP contribution >= 0.6 is 0 Å². The number of rotatable bonds is 5. The van der Waals surface area contributed by atoms with Gasteiger partial charge in [-0.1, -0.05) is 43.3 Å². The highest BCUT2D eigenvalue weighted by atomic mass is 16.5. The van der Waals surface area contributed by atoms with Crippen LogP contribution in [0.3, 0.4) is 0 Å². The number of carbonyl (C=O) groups is 1. The Morgan fingerprint density at radius 1 is 1.38 bits per heavy atom. The maximum Gasteiger partial charge on any atom is 0.315 e. The van der Waals surface area contributed by atoms with Crippen molar-refractivity contribution in [3.8, 4) is 0 Å². The van der Waals surface area contributed by atoms with Crippen LogP contribution in [0, 0.1) is 0 Å². The average molecular weight is 328 g/mol. The third kappa shape index (κ3) is 3.93. The van der Waals surface area contributed by atoms with E-state index in [-0.39, 0.29) is 18.0 Å².